The Kier molecular flexibility index (Phi) is 6.31. The van der Waals surface area contributed by atoms with Crippen LogP contribution in [0, 0.1) is 0 Å². The van der Waals surface area contributed by atoms with Gasteiger partial charge in [-0.05, 0) is 23.8 Å². The summed E-state index contributed by atoms with van der Waals surface area (Å²) in [6, 6.07) is 10.1. The van der Waals surface area contributed by atoms with Crippen LogP contribution in [0.3, 0.4) is 0 Å². The molecule has 7 heteroatoms. The predicted molar refractivity (Wildman–Crippen MR) is 91.8 cm³/mol. The Morgan fingerprint density at radius 1 is 1.17 bits per heavy atom. The van der Waals surface area contributed by atoms with E-state index in [1.165, 1.54) is 20.4 Å². The monoisotopic (exact) mass is 392 g/mol. The van der Waals surface area contributed by atoms with E-state index in [2.05, 4.69) is 26.2 Å². The fourth-order valence-corrected chi connectivity index (χ4v) is 2.34. The zero-order chi connectivity index (χ0) is 17.5. The summed E-state index contributed by atoms with van der Waals surface area (Å²) < 4.78 is 10.6. The fraction of sp³-hybridized carbons (Fsp3) is 0.235. The highest BCUT2D eigenvalue weighted by molar-refractivity contribution is 9.10. The molecule has 2 rings (SSSR count). The van der Waals surface area contributed by atoms with Gasteiger partial charge in [-0.25, -0.2) is 4.98 Å². The maximum atomic E-state index is 12.4. The van der Waals surface area contributed by atoms with Gasteiger partial charge in [0.1, 0.15) is 0 Å². The topological polar surface area (TPSA) is 77.5 Å². The van der Waals surface area contributed by atoms with Crippen LogP contribution in [0.2, 0.25) is 0 Å². The normalized spacial score (nSPS) is 11.5. The number of benzene rings is 1. The number of halogens is 1. The van der Waals surface area contributed by atoms with E-state index in [4.69, 9.17) is 9.47 Å². The summed E-state index contributed by atoms with van der Waals surface area (Å²) in [4.78, 5) is 28.1. The lowest BCUT2D eigenvalue weighted by Gasteiger charge is -2.18. The van der Waals surface area contributed by atoms with Crippen LogP contribution in [-0.2, 0) is 9.53 Å². The lowest BCUT2D eigenvalue weighted by Crippen LogP contribution is -2.30. The zero-order valence-corrected chi connectivity index (χ0v) is 14.9. The van der Waals surface area contributed by atoms with Crippen molar-refractivity contribution >= 4 is 27.8 Å². The van der Waals surface area contributed by atoms with Crippen molar-refractivity contribution < 1.29 is 19.1 Å². The molecule has 0 spiro atoms. The minimum absolute atomic E-state index is 0.0352. The molecule has 0 saturated heterocycles. The Morgan fingerprint density at radius 2 is 1.88 bits per heavy atom. The van der Waals surface area contributed by atoms with E-state index in [1.54, 1.807) is 12.1 Å². The number of amides is 1. The van der Waals surface area contributed by atoms with E-state index in [-0.39, 0.29) is 12.3 Å². The van der Waals surface area contributed by atoms with Gasteiger partial charge in [0.05, 0.1) is 32.2 Å². The van der Waals surface area contributed by atoms with Crippen LogP contribution in [0.5, 0.6) is 5.88 Å². The fourth-order valence-electron chi connectivity index (χ4n) is 2.07. The molecule has 1 aromatic carbocycles. The molecule has 2 aromatic rings. The smallest absolute Gasteiger partial charge is 0.307 e. The first-order valence-electron chi connectivity index (χ1n) is 7.16. The summed E-state index contributed by atoms with van der Waals surface area (Å²) >= 11 is 3.36. The average Bonchev–Trinajstić information content (AvgIpc) is 2.61. The maximum absolute atomic E-state index is 12.4. The lowest BCUT2D eigenvalue weighted by atomic mass is 10.0. The molecule has 1 atom stereocenters. The lowest BCUT2D eigenvalue weighted by molar-refractivity contribution is -0.141. The Labute approximate surface area is 148 Å². The first kappa shape index (κ1) is 17.9. The number of rotatable bonds is 6. The van der Waals surface area contributed by atoms with E-state index in [1.807, 2.05) is 24.3 Å². The number of carbonyl (C=O) groups is 2. The molecule has 1 heterocycles. The van der Waals surface area contributed by atoms with Crippen molar-refractivity contribution in [2.75, 3.05) is 14.2 Å². The van der Waals surface area contributed by atoms with E-state index in [0.29, 0.717) is 11.4 Å². The largest absolute Gasteiger partial charge is 0.481 e. The second-order valence-electron chi connectivity index (χ2n) is 4.95. The van der Waals surface area contributed by atoms with Gasteiger partial charge in [-0.15, -0.1) is 0 Å². The van der Waals surface area contributed by atoms with Gasteiger partial charge in [0.25, 0.3) is 5.91 Å². The second-order valence-corrected chi connectivity index (χ2v) is 5.86. The van der Waals surface area contributed by atoms with Gasteiger partial charge >= 0.3 is 5.97 Å². The van der Waals surface area contributed by atoms with Gasteiger partial charge in [0, 0.05) is 16.7 Å². The van der Waals surface area contributed by atoms with Crippen molar-refractivity contribution in [1.82, 2.24) is 10.3 Å². The van der Waals surface area contributed by atoms with E-state index < -0.39 is 12.0 Å². The Morgan fingerprint density at radius 3 is 2.42 bits per heavy atom. The number of aromatic nitrogens is 1. The molecule has 0 aliphatic heterocycles. The van der Waals surface area contributed by atoms with Crippen LogP contribution in [-0.4, -0.2) is 31.1 Å². The number of hydrogen-bond donors (Lipinski definition) is 1. The third-order valence-corrected chi connectivity index (χ3v) is 3.91. The van der Waals surface area contributed by atoms with Gasteiger partial charge < -0.3 is 14.8 Å². The van der Waals surface area contributed by atoms with Crippen LogP contribution in [0.1, 0.15) is 28.4 Å². The summed E-state index contributed by atoms with van der Waals surface area (Å²) in [5.74, 6) is -0.316. The molecule has 0 fully saturated rings. The van der Waals surface area contributed by atoms with E-state index in [0.717, 1.165) is 10.0 Å². The van der Waals surface area contributed by atoms with Crippen molar-refractivity contribution in [2.45, 2.75) is 12.5 Å². The van der Waals surface area contributed by atoms with E-state index in [9.17, 15) is 9.59 Å². The number of methoxy groups -OCH3 is 2. The van der Waals surface area contributed by atoms with Crippen molar-refractivity contribution in [2.24, 2.45) is 0 Å². The van der Waals surface area contributed by atoms with Crippen molar-refractivity contribution in [3.63, 3.8) is 0 Å². The van der Waals surface area contributed by atoms with E-state index >= 15 is 0 Å². The van der Waals surface area contributed by atoms with Crippen LogP contribution < -0.4 is 10.1 Å². The summed E-state index contributed by atoms with van der Waals surface area (Å²) in [6.45, 7) is 0. The number of carbonyl (C=O) groups excluding carboxylic acids is 2. The predicted octanol–water partition coefficient (Wildman–Crippen LogP) is 2.89. The molecule has 126 valence electrons. The first-order valence-corrected chi connectivity index (χ1v) is 7.96. The summed E-state index contributed by atoms with van der Waals surface area (Å²) in [5.41, 5.74) is 1.18. The molecule has 0 radical (unpaired) electrons. The number of hydrogen-bond acceptors (Lipinski definition) is 5. The minimum atomic E-state index is -0.500. The number of ether oxygens (including phenoxy) is 2. The molecule has 1 unspecified atom stereocenters. The first-order chi connectivity index (χ1) is 11.5. The van der Waals surface area contributed by atoms with Gasteiger partial charge in [0.15, 0.2) is 0 Å². The standard InChI is InChI=1S/C17H17BrN2O4/c1-23-15-8-5-12(10-19-15)17(22)20-14(9-16(21)24-2)11-3-6-13(18)7-4-11/h3-8,10,14H,9H2,1-2H3,(H,20,22). The number of nitrogens with one attached hydrogen (secondary N) is 1. The molecular weight excluding hydrogens is 376 g/mol. The highest BCUT2D eigenvalue weighted by Crippen LogP contribution is 2.21. The Balaban J connectivity index is 2.18. The summed E-state index contributed by atoms with van der Waals surface area (Å²) in [6.07, 6.45) is 1.46. The van der Waals surface area contributed by atoms with Crippen molar-refractivity contribution in [1.29, 1.82) is 0 Å². The third kappa shape index (κ3) is 4.79. The van der Waals surface area contributed by atoms with Crippen molar-refractivity contribution in [3.8, 4) is 5.88 Å². The molecule has 0 saturated carbocycles. The quantitative estimate of drug-likeness (QED) is 0.764. The maximum Gasteiger partial charge on any atom is 0.307 e. The van der Waals surface area contributed by atoms with Crippen LogP contribution >= 0.6 is 15.9 Å². The summed E-state index contributed by atoms with van der Waals surface area (Å²) in [5, 5.41) is 2.84. The van der Waals surface area contributed by atoms with Gasteiger partial charge in [0.2, 0.25) is 5.88 Å². The molecular formula is C17H17BrN2O4. The molecule has 6 nitrogen and oxygen atoms in total. The minimum Gasteiger partial charge on any atom is -0.481 e. The van der Waals surface area contributed by atoms with Gasteiger partial charge in [-0.3, -0.25) is 9.59 Å². The average molecular weight is 393 g/mol. The number of nitrogens with zero attached hydrogens (tertiary/aromatic N) is 1. The SMILES string of the molecule is COC(=O)CC(NC(=O)c1ccc(OC)nc1)c1ccc(Br)cc1. The Bertz CT molecular complexity index is 702. The zero-order valence-electron chi connectivity index (χ0n) is 13.3. The van der Waals surface area contributed by atoms with Crippen LogP contribution in [0.25, 0.3) is 0 Å². The molecule has 1 aromatic heterocycles. The number of pyridine rings is 1. The molecule has 0 aliphatic rings. The molecule has 1 N–H and O–H groups in total. The molecule has 0 bridgehead atoms. The number of esters is 1. The second kappa shape index (κ2) is 8.44. The molecule has 0 aliphatic carbocycles. The van der Waals surface area contributed by atoms with Gasteiger partial charge in [-0.1, -0.05) is 28.1 Å². The van der Waals surface area contributed by atoms with Gasteiger partial charge in [-0.2, -0.15) is 0 Å². The van der Waals surface area contributed by atoms with Crippen LogP contribution in [0.4, 0.5) is 0 Å². The van der Waals surface area contributed by atoms with Crippen LogP contribution in [0.15, 0.2) is 47.1 Å². The third-order valence-electron chi connectivity index (χ3n) is 3.38. The highest BCUT2D eigenvalue weighted by Gasteiger charge is 2.20. The molecule has 24 heavy (non-hydrogen) atoms. The molecule has 1 amide bonds. The Hall–Kier alpha value is -2.41. The van der Waals surface area contributed by atoms with Crippen molar-refractivity contribution in [3.05, 3.63) is 58.2 Å². The summed E-state index contributed by atoms with van der Waals surface area (Å²) in [7, 11) is 2.82. The highest BCUT2D eigenvalue weighted by atomic mass is 79.9.